The number of aromatic carboxylic acids is 1. The molecule has 3 N–H and O–H groups in total. The largest absolute Gasteiger partial charge is 0.478 e. The minimum Gasteiger partial charge on any atom is -0.478 e. The first-order chi connectivity index (χ1) is 9.15. The molecule has 1 aliphatic carbocycles. The smallest absolute Gasteiger partial charge is 0.335 e. The molecular weight excluding hydrogens is 242 g/mol. The van der Waals surface area contributed by atoms with Gasteiger partial charge in [0.15, 0.2) is 0 Å². The zero-order chi connectivity index (χ0) is 13.7. The third-order valence-electron chi connectivity index (χ3n) is 4.03. The molecule has 1 aromatic carbocycles. The summed E-state index contributed by atoms with van der Waals surface area (Å²) in [5, 5.41) is 21.7. The van der Waals surface area contributed by atoms with Gasteiger partial charge in [-0.1, -0.05) is 25.0 Å². The fourth-order valence-electron chi connectivity index (χ4n) is 2.75. The van der Waals surface area contributed by atoms with Crippen LogP contribution in [0.3, 0.4) is 0 Å². The summed E-state index contributed by atoms with van der Waals surface area (Å²) >= 11 is 0. The maximum Gasteiger partial charge on any atom is 0.335 e. The zero-order valence-electron chi connectivity index (χ0n) is 11.1. The highest BCUT2D eigenvalue weighted by atomic mass is 16.4. The minimum absolute atomic E-state index is 0.0566. The van der Waals surface area contributed by atoms with E-state index in [1.807, 2.05) is 12.1 Å². The van der Waals surface area contributed by atoms with Gasteiger partial charge in [0.2, 0.25) is 0 Å². The minimum atomic E-state index is -0.898. The first kappa shape index (κ1) is 14.0. The summed E-state index contributed by atoms with van der Waals surface area (Å²) in [5.41, 5.74) is 1.43. The van der Waals surface area contributed by atoms with Crippen molar-refractivity contribution in [3.63, 3.8) is 0 Å². The second-order valence-electron chi connectivity index (χ2n) is 5.47. The van der Waals surface area contributed by atoms with Crippen LogP contribution in [0.2, 0.25) is 0 Å². The van der Waals surface area contributed by atoms with E-state index in [0.29, 0.717) is 12.1 Å². The summed E-state index contributed by atoms with van der Waals surface area (Å²) < 4.78 is 0. The Morgan fingerprint density at radius 1 is 1.21 bits per heavy atom. The van der Waals surface area contributed by atoms with E-state index in [-0.39, 0.29) is 12.0 Å². The molecule has 0 saturated heterocycles. The van der Waals surface area contributed by atoms with Gasteiger partial charge in [0.1, 0.15) is 0 Å². The highest BCUT2D eigenvalue weighted by Gasteiger charge is 2.32. The fourth-order valence-corrected chi connectivity index (χ4v) is 2.75. The van der Waals surface area contributed by atoms with Crippen LogP contribution in [-0.2, 0) is 6.54 Å². The lowest BCUT2D eigenvalue weighted by Gasteiger charge is -2.26. The number of benzene rings is 1. The third-order valence-corrected chi connectivity index (χ3v) is 4.03. The van der Waals surface area contributed by atoms with Crippen LogP contribution in [0.15, 0.2) is 24.3 Å². The molecule has 0 aromatic heterocycles. The van der Waals surface area contributed by atoms with Crippen molar-refractivity contribution in [2.45, 2.75) is 32.2 Å². The van der Waals surface area contributed by atoms with Gasteiger partial charge in [-0.2, -0.15) is 0 Å². The molecule has 0 bridgehead atoms. The molecule has 1 aliphatic rings. The number of carbonyl (C=O) groups is 1. The molecule has 0 unspecified atom stereocenters. The summed E-state index contributed by atoms with van der Waals surface area (Å²) in [4.78, 5) is 10.7. The van der Waals surface area contributed by atoms with Gasteiger partial charge in [-0.15, -0.1) is 0 Å². The van der Waals surface area contributed by atoms with Crippen LogP contribution in [0.4, 0.5) is 0 Å². The van der Waals surface area contributed by atoms with Crippen LogP contribution >= 0.6 is 0 Å². The van der Waals surface area contributed by atoms with E-state index in [0.717, 1.165) is 24.9 Å². The number of hydrogen-bond donors (Lipinski definition) is 3. The summed E-state index contributed by atoms with van der Waals surface area (Å²) in [6.45, 7) is 1.78. The second-order valence-corrected chi connectivity index (χ2v) is 5.47. The highest BCUT2D eigenvalue weighted by molar-refractivity contribution is 5.87. The first-order valence-corrected chi connectivity index (χ1v) is 6.79. The van der Waals surface area contributed by atoms with Crippen molar-refractivity contribution >= 4 is 5.97 Å². The van der Waals surface area contributed by atoms with E-state index >= 15 is 0 Å². The van der Waals surface area contributed by atoms with Crippen molar-refractivity contribution < 1.29 is 15.0 Å². The average molecular weight is 263 g/mol. The predicted octanol–water partition coefficient (Wildman–Crippen LogP) is 2.03. The summed E-state index contributed by atoms with van der Waals surface area (Å²) in [6.07, 6.45) is 4.59. The molecule has 0 aliphatic heterocycles. The standard InChI is InChI=1S/C15H21NO3/c17-11-15(7-1-2-8-15)10-16-9-12-3-5-13(6-4-12)14(18)19/h3-6,16-17H,1-2,7-11H2,(H,18,19). The molecule has 1 aromatic rings. The number of nitrogens with one attached hydrogen (secondary N) is 1. The van der Waals surface area contributed by atoms with Crippen molar-refractivity contribution in [2.75, 3.05) is 13.2 Å². The van der Waals surface area contributed by atoms with Gasteiger partial charge >= 0.3 is 5.97 Å². The van der Waals surface area contributed by atoms with Crippen molar-refractivity contribution in [3.05, 3.63) is 35.4 Å². The van der Waals surface area contributed by atoms with E-state index in [1.54, 1.807) is 12.1 Å². The second kappa shape index (κ2) is 6.17. The predicted molar refractivity (Wildman–Crippen MR) is 73.1 cm³/mol. The quantitative estimate of drug-likeness (QED) is 0.734. The van der Waals surface area contributed by atoms with Crippen molar-refractivity contribution in [1.82, 2.24) is 5.32 Å². The summed E-state index contributed by atoms with van der Waals surface area (Å²) in [6, 6.07) is 6.90. The maximum absolute atomic E-state index is 10.7. The average Bonchev–Trinajstić information content (AvgIpc) is 2.89. The number of rotatable bonds is 6. The Bertz CT molecular complexity index is 422. The van der Waals surface area contributed by atoms with E-state index in [9.17, 15) is 9.90 Å². The van der Waals surface area contributed by atoms with Crippen LogP contribution in [0.5, 0.6) is 0 Å². The SMILES string of the molecule is O=C(O)c1ccc(CNCC2(CO)CCCC2)cc1. The molecule has 2 rings (SSSR count). The van der Waals surface area contributed by atoms with E-state index in [2.05, 4.69) is 5.32 Å². The Morgan fingerprint density at radius 3 is 2.37 bits per heavy atom. The Labute approximate surface area is 113 Å². The normalized spacial score (nSPS) is 17.5. The number of hydrogen-bond acceptors (Lipinski definition) is 3. The van der Waals surface area contributed by atoms with E-state index in [4.69, 9.17) is 5.11 Å². The van der Waals surface area contributed by atoms with E-state index in [1.165, 1.54) is 12.8 Å². The van der Waals surface area contributed by atoms with Gasteiger partial charge in [-0.3, -0.25) is 0 Å². The Morgan fingerprint density at radius 2 is 1.84 bits per heavy atom. The molecule has 0 radical (unpaired) electrons. The summed E-state index contributed by atoms with van der Waals surface area (Å²) in [7, 11) is 0. The molecule has 0 atom stereocenters. The van der Waals surface area contributed by atoms with Crippen molar-refractivity contribution in [1.29, 1.82) is 0 Å². The molecule has 0 heterocycles. The number of carboxylic acids is 1. The fraction of sp³-hybridized carbons (Fsp3) is 0.533. The van der Waals surface area contributed by atoms with Crippen LogP contribution < -0.4 is 5.32 Å². The lowest BCUT2D eigenvalue weighted by atomic mass is 9.87. The Kier molecular flexibility index (Phi) is 4.56. The van der Waals surface area contributed by atoms with Crippen LogP contribution in [0.1, 0.15) is 41.6 Å². The van der Waals surface area contributed by atoms with E-state index < -0.39 is 5.97 Å². The number of aliphatic hydroxyl groups excluding tert-OH is 1. The van der Waals surface area contributed by atoms with Gasteiger partial charge in [0, 0.05) is 25.1 Å². The maximum atomic E-state index is 10.7. The first-order valence-electron chi connectivity index (χ1n) is 6.79. The van der Waals surface area contributed by atoms with Crippen molar-refractivity contribution in [2.24, 2.45) is 5.41 Å². The van der Waals surface area contributed by atoms with Gasteiger partial charge in [0.05, 0.1) is 5.56 Å². The van der Waals surface area contributed by atoms with Crippen LogP contribution in [0, 0.1) is 5.41 Å². The van der Waals surface area contributed by atoms with Gasteiger partial charge in [-0.05, 0) is 30.5 Å². The monoisotopic (exact) mass is 263 g/mol. The summed E-state index contributed by atoms with van der Waals surface area (Å²) in [5.74, 6) is -0.898. The lowest BCUT2D eigenvalue weighted by molar-refractivity contribution is 0.0697. The Hall–Kier alpha value is -1.39. The molecule has 4 nitrogen and oxygen atoms in total. The Balaban J connectivity index is 1.83. The molecule has 0 spiro atoms. The molecule has 1 saturated carbocycles. The van der Waals surface area contributed by atoms with Crippen molar-refractivity contribution in [3.8, 4) is 0 Å². The van der Waals surface area contributed by atoms with Gasteiger partial charge in [-0.25, -0.2) is 4.79 Å². The van der Waals surface area contributed by atoms with Crippen LogP contribution in [-0.4, -0.2) is 29.3 Å². The molecule has 104 valence electrons. The third kappa shape index (κ3) is 3.55. The number of aliphatic hydroxyl groups is 1. The van der Waals surface area contributed by atoms with Crippen LogP contribution in [0.25, 0.3) is 0 Å². The molecule has 0 amide bonds. The molecule has 19 heavy (non-hydrogen) atoms. The molecule has 4 heteroatoms. The molecule has 1 fully saturated rings. The molecular formula is C15H21NO3. The highest BCUT2D eigenvalue weighted by Crippen LogP contribution is 2.36. The topological polar surface area (TPSA) is 69.6 Å². The lowest BCUT2D eigenvalue weighted by Crippen LogP contribution is -2.34. The van der Waals surface area contributed by atoms with Gasteiger partial charge in [0.25, 0.3) is 0 Å². The van der Waals surface area contributed by atoms with Gasteiger partial charge < -0.3 is 15.5 Å². The zero-order valence-corrected chi connectivity index (χ0v) is 11.1. The number of carboxylic acid groups (broad SMARTS) is 1.